The summed E-state index contributed by atoms with van der Waals surface area (Å²) in [7, 11) is 0. The zero-order valence-corrected chi connectivity index (χ0v) is 22.0. The number of carbonyl (C=O) groups is 2. The highest BCUT2D eigenvalue weighted by Crippen LogP contribution is 2.49. The van der Waals surface area contributed by atoms with Gasteiger partial charge in [0, 0.05) is 35.0 Å². The number of aliphatic carboxylic acids is 1. The van der Waals surface area contributed by atoms with E-state index in [1.165, 1.54) is 0 Å². The molecule has 0 unspecified atom stereocenters. The van der Waals surface area contributed by atoms with Crippen LogP contribution < -0.4 is 5.32 Å². The number of carbonyl (C=O) groups excluding carboxylic acids is 1. The zero-order chi connectivity index (χ0) is 26.0. The lowest BCUT2D eigenvalue weighted by molar-refractivity contribution is -0.154. The number of amides is 1. The van der Waals surface area contributed by atoms with E-state index in [9.17, 15) is 19.8 Å². The van der Waals surface area contributed by atoms with Crippen molar-refractivity contribution in [3.05, 3.63) is 64.7 Å². The van der Waals surface area contributed by atoms with Crippen molar-refractivity contribution in [3.8, 4) is 5.75 Å². The predicted molar refractivity (Wildman–Crippen MR) is 141 cm³/mol. The summed E-state index contributed by atoms with van der Waals surface area (Å²) in [5.74, 6) is -1.43. The van der Waals surface area contributed by atoms with E-state index in [0.717, 1.165) is 37.7 Å². The second-order valence-electron chi connectivity index (χ2n) is 11.3. The molecule has 194 valence electrons. The zero-order valence-electron chi connectivity index (χ0n) is 21.3. The second kappa shape index (κ2) is 10.8. The molecule has 6 nitrogen and oxygen atoms in total. The van der Waals surface area contributed by atoms with Crippen LogP contribution in [0.25, 0.3) is 0 Å². The molecule has 0 bridgehead atoms. The molecule has 2 aromatic carbocycles. The SMILES string of the molecule is CC(C)(C)[C@H]1[C@H](NCc2cc(Cl)ccc2O)[C@H](c2ccccc2)N(C(=O)C2CCCCC2)[C@@H]1C(=O)O. The van der Waals surface area contributed by atoms with Crippen LogP contribution in [-0.4, -0.2) is 39.1 Å². The Kier molecular flexibility index (Phi) is 7.96. The molecule has 4 rings (SSSR count). The van der Waals surface area contributed by atoms with Gasteiger partial charge in [-0.1, -0.05) is 82.0 Å². The van der Waals surface area contributed by atoms with E-state index >= 15 is 0 Å². The average Bonchev–Trinajstić information content (AvgIpc) is 3.21. The Hall–Kier alpha value is -2.57. The molecular formula is C29H37ClN2O4. The van der Waals surface area contributed by atoms with Crippen molar-refractivity contribution < 1.29 is 19.8 Å². The summed E-state index contributed by atoms with van der Waals surface area (Å²) < 4.78 is 0. The molecule has 1 heterocycles. The second-order valence-corrected chi connectivity index (χ2v) is 11.7. The molecule has 1 amide bonds. The van der Waals surface area contributed by atoms with Gasteiger partial charge in [0.15, 0.2) is 0 Å². The Bertz CT molecular complexity index is 1080. The van der Waals surface area contributed by atoms with Crippen LogP contribution in [0.5, 0.6) is 5.75 Å². The molecule has 0 radical (unpaired) electrons. The lowest BCUT2D eigenvalue weighted by Gasteiger charge is -2.36. The molecular weight excluding hydrogens is 476 g/mol. The van der Waals surface area contributed by atoms with E-state index in [2.05, 4.69) is 5.32 Å². The van der Waals surface area contributed by atoms with E-state index < -0.39 is 23.5 Å². The van der Waals surface area contributed by atoms with Crippen molar-refractivity contribution in [1.82, 2.24) is 10.2 Å². The Morgan fingerprint density at radius 2 is 1.72 bits per heavy atom. The highest BCUT2D eigenvalue weighted by atomic mass is 35.5. The largest absolute Gasteiger partial charge is 0.508 e. The standard InChI is InChI=1S/C29H37ClN2O4/c1-29(2,3)23-24(31-17-20-16-21(30)14-15-22(20)33)25(18-10-6-4-7-11-18)32(26(23)28(35)36)27(34)19-12-8-5-9-13-19/h4,6-7,10-11,14-16,19,23-26,31,33H,5,8-9,12-13,17H2,1-3H3,(H,35,36)/t23-,24-,25-,26-/m0/s1. The molecule has 1 aliphatic carbocycles. The number of phenolic OH excluding ortho intramolecular Hbond substituents is 1. The molecule has 1 saturated heterocycles. The average molecular weight is 513 g/mol. The summed E-state index contributed by atoms with van der Waals surface area (Å²) in [5, 5.41) is 25.0. The molecule has 0 spiro atoms. The third kappa shape index (κ3) is 5.40. The fraction of sp³-hybridized carbons (Fsp3) is 0.517. The first-order chi connectivity index (χ1) is 17.1. The summed E-state index contributed by atoms with van der Waals surface area (Å²) in [6.07, 6.45) is 4.72. The molecule has 2 aromatic rings. The minimum Gasteiger partial charge on any atom is -0.508 e. The Morgan fingerprint density at radius 1 is 1.06 bits per heavy atom. The number of carboxylic acid groups (broad SMARTS) is 1. The summed E-state index contributed by atoms with van der Waals surface area (Å²) in [4.78, 5) is 28.6. The third-order valence-corrected chi connectivity index (χ3v) is 8.07. The number of hydrogen-bond acceptors (Lipinski definition) is 4. The first-order valence-corrected chi connectivity index (χ1v) is 13.3. The molecule has 1 aliphatic heterocycles. The lowest BCUT2D eigenvalue weighted by Crippen LogP contribution is -2.49. The number of aromatic hydroxyl groups is 1. The topological polar surface area (TPSA) is 89.9 Å². The number of carboxylic acids is 1. The van der Waals surface area contributed by atoms with E-state index in [0.29, 0.717) is 17.1 Å². The van der Waals surface area contributed by atoms with Gasteiger partial charge in [-0.25, -0.2) is 4.79 Å². The van der Waals surface area contributed by atoms with Crippen LogP contribution in [0.3, 0.4) is 0 Å². The molecule has 36 heavy (non-hydrogen) atoms. The molecule has 2 aliphatic rings. The van der Waals surface area contributed by atoms with Crippen LogP contribution in [0.2, 0.25) is 5.02 Å². The van der Waals surface area contributed by atoms with Gasteiger partial charge in [0.2, 0.25) is 5.91 Å². The molecule has 3 N–H and O–H groups in total. The van der Waals surface area contributed by atoms with Crippen LogP contribution in [0.4, 0.5) is 0 Å². The summed E-state index contributed by atoms with van der Waals surface area (Å²) in [5.41, 5.74) is 1.13. The Balaban J connectivity index is 1.80. The van der Waals surface area contributed by atoms with Crippen molar-refractivity contribution in [1.29, 1.82) is 0 Å². The number of phenols is 1. The first kappa shape index (κ1) is 26.5. The highest BCUT2D eigenvalue weighted by Gasteiger charge is 2.58. The normalized spacial score (nSPS) is 25.2. The first-order valence-electron chi connectivity index (χ1n) is 12.9. The number of nitrogens with zero attached hydrogens (tertiary/aromatic N) is 1. The van der Waals surface area contributed by atoms with Gasteiger partial charge in [-0.15, -0.1) is 0 Å². The van der Waals surface area contributed by atoms with Crippen molar-refractivity contribution in [2.45, 2.75) is 77.5 Å². The lowest BCUT2D eigenvalue weighted by atomic mass is 9.72. The number of hydrogen-bond donors (Lipinski definition) is 3. The van der Waals surface area contributed by atoms with Crippen LogP contribution in [0.15, 0.2) is 48.5 Å². The van der Waals surface area contributed by atoms with Gasteiger partial charge in [0.25, 0.3) is 0 Å². The highest BCUT2D eigenvalue weighted by molar-refractivity contribution is 6.30. The van der Waals surface area contributed by atoms with Crippen LogP contribution >= 0.6 is 11.6 Å². The van der Waals surface area contributed by atoms with Gasteiger partial charge in [0.1, 0.15) is 11.8 Å². The van der Waals surface area contributed by atoms with E-state index in [1.807, 2.05) is 51.1 Å². The summed E-state index contributed by atoms with van der Waals surface area (Å²) in [6, 6.07) is 12.9. The van der Waals surface area contributed by atoms with E-state index in [4.69, 9.17) is 11.6 Å². The molecule has 0 aromatic heterocycles. The van der Waals surface area contributed by atoms with E-state index in [1.54, 1.807) is 23.1 Å². The fourth-order valence-corrected chi connectivity index (χ4v) is 6.41. The summed E-state index contributed by atoms with van der Waals surface area (Å²) >= 11 is 6.18. The minimum absolute atomic E-state index is 0.0555. The fourth-order valence-electron chi connectivity index (χ4n) is 6.21. The molecule has 2 fully saturated rings. The molecule has 1 saturated carbocycles. The number of benzene rings is 2. The van der Waals surface area contributed by atoms with Crippen molar-refractivity contribution in [2.24, 2.45) is 17.3 Å². The third-order valence-electron chi connectivity index (χ3n) is 7.84. The van der Waals surface area contributed by atoms with Crippen LogP contribution in [0.1, 0.15) is 70.0 Å². The van der Waals surface area contributed by atoms with Crippen LogP contribution in [0, 0.1) is 17.3 Å². The number of rotatable bonds is 6. The van der Waals surface area contributed by atoms with Gasteiger partial charge in [-0.3, -0.25) is 4.79 Å². The Labute approximate surface area is 218 Å². The number of halogens is 1. The monoisotopic (exact) mass is 512 g/mol. The molecule has 7 heteroatoms. The van der Waals surface area contributed by atoms with Gasteiger partial charge in [0.05, 0.1) is 6.04 Å². The van der Waals surface area contributed by atoms with Crippen molar-refractivity contribution >= 4 is 23.5 Å². The number of nitrogens with one attached hydrogen (secondary N) is 1. The minimum atomic E-state index is -0.977. The van der Waals surface area contributed by atoms with Gasteiger partial charge in [-0.2, -0.15) is 0 Å². The van der Waals surface area contributed by atoms with Crippen molar-refractivity contribution in [3.63, 3.8) is 0 Å². The maximum absolute atomic E-state index is 14.1. The number of likely N-dealkylation sites (tertiary alicyclic amines) is 1. The van der Waals surface area contributed by atoms with Crippen LogP contribution in [-0.2, 0) is 16.1 Å². The van der Waals surface area contributed by atoms with Gasteiger partial charge < -0.3 is 20.4 Å². The maximum atomic E-state index is 14.1. The maximum Gasteiger partial charge on any atom is 0.326 e. The van der Waals surface area contributed by atoms with Crippen molar-refractivity contribution in [2.75, 3.05) is 0 Å². The van der Waals surface area contributed by atoms with Gasteiger partial charge >= 0.3 is 5.97 Å². The summed E-state index contributed by atoms with van der Waals surface area (Å²) in [6.45, 7) is 6.41. The smallest absolute Gasteiger partial charge is 0.326 e. The Morgan fingerprint density at radius 3 is 2.33 bits per heavy atom. The quantitative estimate of drug-likeness (QED) is 0.456. The van der Waals surface area contributed by atoms with Gasteiger partial charge in [-0.05, 0) is 42.0 Å². The molecule has 4 atom stereocenters. The van der Waals surface area contributed by atoms with E-state index in [-0.39, 0.29) is 29.5 Å². The predicted octanol–water partition coefficient (Wildman–Crippen LogP) is 5.78.